The molecule has 0 saturated carbocycles. The summed E-state index contributed by atoms with van der Waals surface area (Å²) in [5.74, 6) is -1.15. The summed E-state index contributed by atoms with van der Waals surface area (Å²) < 4.78 is 46.3. The molecule has 2 aromatic carbocycles. The lowest BCUT2D eigenvalue weighted by atomic mass is 10.1. The van der Waals surface area contributed by atoms with Crippen LogP contribution in [0.2, 0.25) is 0 Å². The molecule has 0 spiro atoms. The van der Waals surface area contributed by atoms with Crippen LogP contribution in [-0.2, 0) is 17.5 Å². The summed E-state index contributed by atoms with van der Waals surface area (Å²) in [4.78, 5) is 51.9. The number of aromatic amines is 1. The summed E-state index contributed by atoms with van der Waals surface area (Å²) in [7, 11) is 0. The first-order chi connectivity index (χ1) is 19.7. The summed E-state index contributed by atoms with van der Waals surface area (Å²) in [5, 5.41) is 2.65. The van der Waals surface area contributed by atoms with Crippen molar-refractivity contribution < 1.29 is 32.3 Å². The quantitative estimate of drug-likeness (QED) is 0.501. The Hall–Kier alpha value is -4.39. The van der Waals surface area contributed by atoms with Gasteiger partial charge in [-0.1, -0.05) is 18.2 Å². The third-order valence-corrected chi connectivity index (χ3v) is 7.12. The van der Waals surface area contributed by atoms with Crippen molar-refractivity contribution in [2.75, 3.05) is 45.9 Å². The van der Waals surface area contributed by atoms with Crippen LogP contribution in [-0.4, -0.2) is 94.3 Å². The molecule has 2 aliphatic heterocycles. The zero-order valence-corrected chi connectivity index (χ0v) is 22.1. The Morgan fingerprint density at radius 1 is 1.07 bits per heavy atom. The van der Waals surface area contributed by atoms with Crippen molar-refractivity contribution in [2.45, 2.75) is 18.8 Å². The summed E-state index contributed by atoms with van der Waals surface area (Å²) in [6.07, 6.45) is -1.50. The van der Waals surface area contributed by atoms with Crippen LogP contribution in [0, 0.1) is 0 Å². The molecule has 2 aliphatic rings. The molecule has 0 radical (unpaired) electrons. The number of hydrogen-bond acceptors (Lipinski definition) is 6. The van der Waals surface area contributed by atoms with Gasteiger partial charge in [0.25, 0.3) is 11.8 Å². The van der Waals surface area contributed by atoms with Gasteiger partial charge in [0.15, 0.2) is 0 Å². The van der Waals surface area contributed by atoms with Crippen LogP contribution in [0.3, 0.4) is 0 Å². The average molecular weight is 571 g/mol. The molecule has 1 saturated heterocycles. The molecule has 41 heavy (non-hydrogen) atoms. The van der Waals surface area contributed by atoms with Crippen molar-refractivity contribution in [1.82, 2.24) is 30.0 Å². The fourth-order valence-electron chi connectivity index (χ4n) is 5.00. The monoisotopic (exact) mass is 570 g/mol. The number of aromatic nitrogens is 2. The van der Waals surface area contributed by atoms with Crippen molar-refractivity contribution in [3.8, 4) is 5.75 Å². The number of hydrogen-bond donors (Lipinski definition) is 2. The Kier molecular flexibility index (Phi) is 8.24. The van der Waals surface area contributed by atoms with Gasteiger partial charge in [-0.15, -0.1) is 0 Å². The largest absolute Gasteiger partial charge is 0.491 e. The average Bonchev–Trinajstić information content (AvgIpc) is 3.48. The van der Waals surface area contributed by atoms with Gasteiger partial charge in [-0.2, -0.15) is 13.2 Å². The van der Waals surface area contributed by atoms with Gasteiger partial charge in [0.1, 0.15) is 12.4 Å². The lowest BCUT2D eigenvalue weighted by Gasteiger charge is -2.42. The maximum absolute atomic E-state index is 13.6. The fourth-order valence-corrected chi connectivity index (χ4v) is 5.00. The minimum Gasteiger partial charge on any atom is -0.491 e. The lowest BCUT2D eigenvalue weighted by molar-refractivity contribution is -0.138. The van der Waals surface area contributed by atoms with Gasteiger partial charge >= 0.3 is 6.18 Å². The van der Waals surface area contributed by atoms with E-state index in [1.54, 1.807) is 40.3 Å². The Labute approximate surface area is 234 Å². The number of carbonyl (C=O) groups is 3. The number of halogens is 3. The molecule has 3 amide bonds. The summed E-state index contributed by atoms with van der Waals surface area (Å²) in [5.41, 5.74) is 0.0245. The molecule has 216 valence electrons. The number of nitrogens with zero attached hydrogens (tertiary/aromatic N) is 4. The Balaban J connectivity index is 1.45. The van der Waals surface area contributed by atoms with E-state index in [2.05, 4.69) is 15.3 Å². The predicted octanol–water partition coefficient (Wildman–Crippen LogP) is 2.41. The first-order valence-corrected chi connectivity index (χ1v) is 13.1. The molecular weight excluding hydrogens is 541 g/mol. The minimum atomic E-state index is -4.65. The van der Waals surface area contributed by atoms with Gasteiger partial charge < -0.3 is 24.8 Å². The zero-order valence-electron chi connectivity index (χ0n) is 22.1. The number of benzene rings is 2. The molecule has 0 bridgehead atoms. The van der Waals surface area contributed by atoms with E-state index in [-0.39, 0.29) is 62.5 Å². The second-order valence-corrected chi connectivity index (χ2v) is 9.92. The third-order valence-electron chi connectivity index (χ3n) is 7.12. The van der Waals surface area contributed by atoms with Crippen LogP contribution < -0.4 is 10.1 Å². The van der Waals surface area contributed by atoms with Crippen LogP contribution in [0.1, 0.15) is 32.0 Å². The standard InChI is InChI=1S/C28H29F3N6O4/c29-28(30,31)20-6-7-24-23(12-20)26(39)33-8-9-35(14-21-13-32-18-34-21)16-25(38)37-11-10-36(15-22(37)17-41-24)27(40)19-4-2-1-3-5-19/h1-7,12-13,18,22H,8-11,14-17H2,(H,32,34)(H,33,39)/t22-/m0/s1. The number of alkyl halides is 3. The number of ether oxygens (including phenoxy) is 1. The molecule has 2 N–H and O–H groups in total. The van der Waals surface area contributed by atoms with E-state index in [0.29, 0.717) is 18.7 Å². The van der Waals surface area contributed by atoms with Crippen LogP contribution in [0.25, 0.3) is 0 Å². The molecule has 3 heterocycles. The SMILES string of the molecule is O=C1NCCN(Cc2cnc[nH]2)CC(=O)N2CCN(C(=O)c3ccccc3)C[C@H]2COc2ccc(C(F)(F)F)cc21. The number of amides is 3. The summed E-state index contributed by atoms with van der Waals surface area (Å²) in [6, 6.07) is 10.9. The molecule has 0 aliphatic carbocycles. The van der Waals surface area contributed by atoms with Gasteiger partial charge in [-0.05, 0) is 30.3 Å². The van der Waals surface area contributed by atoms with Crippen LogP contribution >= 0.6 is 0 Å². The van der Waals surface area contributed by atoms with Gasteiger partial charge in [0.05, 0.1) is 30.0 Å². The van der Waals surface area contributed by atoms with Gasteiger partial charge in [0.2, 0.25) is 5.91 Å². The van der Waals surface area contributed by atoms with Crippen molar-refractivity contribution >= 4 is 17.7 Å². The highest BCUT2D eigenvalue weighted by Crippen LogP contribution is 2.33. The highest BCUT2D eigenvalue weighted by molar-refractivity contribution is 5.97. The summed E-state index contributed by atoms with van der Waals surface area (Å²) in [6.45, 7) is 1.27. The maximum Gasteiger partial charge on any atom is 0.416 e. The zero-order chi connectivity index (χ0) is 29.0. The Morgan fingerprint density at radius 2 is 1.88 bits per heavy atom. The van der Waals surface area contributed by atoms with E-state index >= 15 is 0 Å². The van der Waals surface area contributed by atoms with E-state index < -0.39 is 23.7 Å². The topological polar surface area (TPSA) is 111 Å². The molecule has 1 aromatic heterocycles. The molecule has 3 aromatic rings. The normalized spacial score (nSPS) is 19.1. The first kappa shape index (κ1) is 28.1. The number of imidazole rings is 1. The number of fused-ring (bicyclic) bond motifs is 2. The first-order valence-electron chi connectivity index (χ1n) is 13.1. The number of nitrogens with one attached hydrogen (secondary N) is 2. The predicted molar refractivity (Wildman–Crippen MR) is 141 cm³/mol. The van der Waals surface area contributed by atoms with Gasteiger partial charge in [-0.25, -0.2) is 4.98 Å². The van der Waals surface area contributed by atoms with E-state index in [1.165, 1.54) is 6.33 Å². The lowest BCUT2D eigenvalue weighted by Crippen LogP contribution is -2.60. The van der Waals surface area contributed by atoms with Crippen LogP contribution in [0.4, 0.5) is 13.2 Å². The maximum atomic E-state index is 13.6. The Bertz CT molecular complexity index is 1380. The van der Waals surface area contributed by atoms with E-state index in [9.17, 15) is 27.6 Å². The molecule has 13 heteroatoms. The number of piperazine rings is 1. The van der Waals surface area contributed by atoms with Crippen molar-refractivity contribution in [3.05, 3.63) is 83.4 Å². The third kappa shape index (κ3) is 6.68. The van der Waals surface area contributed by atoms with Crippen LogP contribution in [0.5, 0.6) is 5.75 Å². The van der Waals surface area contributed by atoms with E-state index in [1.807, 2.05) is 11.0 Å². The number of rotatable bonds is 3. The highest BCUT2D eigenvalue weighted by Gasteiger charge is 2.36. The molecule has 1 atom stereocenters. The fraction of sp³-hybridized carbons (Fsp3) is 0.357. The molecule has 0 unspecified atom stereocenters. The van der Waals surface area contributed by atoms with Gasteiger partial charge in [0, 0.05) is 56.7 Å². The minimum absolute atomic E-state index is 0.0171. The van der Waals surface area contributed by atoms with E-state index in [0.717, 1.165) is 23.9 Å². The number of H-pyrrole nitrogens is 1. The number of carbonyl (C=O) groups excluding carboxylic acids is 3. The molecule has 1 fully saturated rings. The van der Waals surface area contributed by atoms with E-state index in [4.69, 9.17) is 4.74 Å². The van der Waals surface area contributed by atoms with Crippen molar-refractivity contribution in [1.29, 1.82) is 0 Å². The summed E-state index contributed by atoms with van der Waals surface area (Å²) >= 11 is 0. The van der Waals surface area contributed by atoms with Gasteiger partial charge in [-0.3, -0.25) is 19.3 Å². The van der Waals surface area contributed by atoms with Crippen LogP contribution in [0.15, 0.2) is 61.1 Å². The highest BCUT2D eigenvalue weighted by atomic mass is 19.4. The molecule has 10 nitrogen and oxygen atoms in total. The second-order valence-electron chi connectivity index (χ2n) is 9.92. The molecule has 5 rings (SSSR count). The smallest absolute Gasteiger partial charge is 0.416 e. The van der Waals surface area contributed by atoms with Crippen molar-refractivity contribution in [2.24, 2.45) is 0 Å². The Morgan fingerprint density at radius 3 is 2.61 bits per heavy atom. The molecular formula is C28H29F3N6O4. The van der Waals surface area contributed by atoms with Crippen molar-refractivity contribution in [3.63, 3.8) is 0 Å². The second kappa shape index (κ2) is 12.0.